The Hall–Kier alpha value is -3.29. The number of fused-ring (bicyclic) bond motifs is 1. The van der Waals surface area contributed by atoms with Gasteiger partial charge in [0.15, 0.2) is 0 Å². The molecule has 3 N–H and O–H groups in total. The number of likely N-dealkylation sites (tertiary alicyclic amines) is 1. The molecule has 0 saturated carbocycles. The average Bonchev–Trinajstić information content (AvgIpc) is 3.59. The molecule has 5 atom stereocenters. The Bertz CT molecular complexity index is 1400. The van der Waals surface area contributed by atoms with Crippen molar-refractivity contribution in [2.75, 3.05) is 31.7 Å². The number of hydrogen-bond donors (Lipinski definition) is 3. The Morgan fingerprint density at radius 2 is 1.78 bits per heavy atom. The van der Waals surface area contributed by atoms with Gasteiger partial charge >= 0.3 is 0 Å². The molecule has 3 amide bonds. The lowest BCUT2D eigenvalue weighted by molar-refractivity contribution is -0.141. The van der Waals surface area contributed by atoms with E-state index < -0.39 is 51.4 Å². The highest BCUT2D eigenvalue weighted by Crippen LogP contribution is 2.39. The van der Waals surface area contributed by atoms with Crippen LogP contribution in [0.1, 0.15) is 39.8 Å². The van der Waals surface area contributed by atoms with E-state index in [0.29, 0.717) is 17.9 Å². The Kier molecular flexibility index (Phi) is 8.63. The standard InChI is InChI=1S/C28H41N7O5S/c1-17-15-22(35(32-17)19-11-9-8-10-12-19)30-26(37)20-16-34(41(7,39)40)21-13-14-33(23(20)21)27(38)24(28(3,4)5)31-25(36)18(2)29-6/h8-12,15,18,20-21,23-24,29H,13-14,16H2,1-7H3,(H,30,37)(H,31,36). The minimum absolute atomic E-state index is 0.0500. The maximum absolute atomic E-state index is 14.1. The maximum Gasteiger partial charge on any atom is 0.246 e. The van der Waals surface area contributed by atoms with Crippen molar-refractivity contribution in [3.05, 3.63) is 42.1 Å². The number of para-hydroxylation sites is 1. The van der Waals surface area contributed by atoms with Crippen LogP contribution in [0.15, 0.2) is 36.4 Å². The normalized spacial score (nSPS) is 22.7. The molecule has 2 aliphatic rings. The molecule has 0 radical (unpaired) electrons. The van der Waals surface area contributed by atoms with Gasteiger partial charge in [0.05, 0.1) is 35.6 Å². The van der Waals surface area contributed by atoms with Gasteiger partial charge in [-0.3, -0.25) is 14.4 Å². The molecule has 2 aromatic rings. The van der Waals surface area contributed by atoms with Crippen molar-refractivity contribution in [1.82, 2.24) is 29.6 Å². The highest BCUT2D eigenvalue weighted by Gasteiger charge is 2.56. The van der Waals surface area contributed by atoms with Crippen molar-refractivity contribution < 1.29 is 22.8 Å². The first-order chi connectivity index (χ1) is 19.1. The number of rotatable bonds is 8. The molecule has 224 valence electrons. The van der Waals surface area contributed by atoms with Gasteiger partial charge in [0.1, 0.15) is 11.9 Å². The van der Waals surface area contributed by atoms with E-state index in [1.54, 1.807) is 29.6 Å². The molecule has 1 aromatic heterocycles. The molecule has 41 heavy (non-hydrogen) atoms. The van der Waals surface area contributed by atoms with Gasteiger partial charge in [0.25, 0.3) is 0 Å². The molecule has 5 unspecified atom stereocenters. The summed E-state index contributed by atoms with van der Waals surface area (Å²) in [4.78, 5) is 42.3. The number of anilines is 1. The lowest BCUT2D eigenvalue weighted by Crippen LogP contribution is -2.59. The zero-order valence-electron chi connectivity index (χ0n) is 24.7. The van der Waals surface area contributed by atoms with Crippen molar-refractivity contribution >= 4 is 33.6 Å². The second-order valence-electron chi connectivity index (χ2n) is 12.0. The first kappa shape index (κ1) is 30.7. The Morgan fingerprint density at radius 3 is 2.37 bits per heavy atom. The van der Waals surface area contributed by atoms with Gasteiger partial charge in [-0.05, 0) is 44.9 Å². The Balaban J connectivity index is 1.66. The first-order valence-electron chi connectivity index (χ1n) is 13.8. The third-order valence-corrected chi connectivity index (χ3v) is 9.21. The van der Waals surface area contributed by atoms with E-state index in [4.69, 9.17) is 0 Å². The number of amides is 3. The smallest absolute Gasteiger partial charge is 0.246 e. The largest absolute Gasteiger partial charge is 0.342 e. The van der Waals surface area contributed by atoms with Crippen molar-refractivity contribution in [3.63, 3.8) is 0 Å². The van der Waals surface area contributed by atoms with Gasteiger partial charge < -0.3 is 20.9 Å². The Morgan fingerprint density at radius 1 is 1.12 bits per heavy atom. The highest BCUT2D eigenvalue weighted by molar-refractivity contribution is 7.88. The Labute approximate surface area is 241 Å². The van der Waals surface area contributed by atoms with Gasteiger partial charge in [0.2, 0.25) is 27.7 Å². The van der Waals surface area contributed by atoms with Crippen LogP contribution in [0.3, 0.4) is 0 Å². The summed E-state index contributed by atoms with van der Waals surface area (Å²) in [6.07, 6.45) is 1.52. The van der Waals surface area contributed by atoms with Crippen LogP contribution in [0.25, 0.3) is 5.69 Å². The molecule has 12 nitrogen and oxygen atoms in total. The molecule has 3 heterocycles. The van der Waals surface area contributed by atoms with E-state index in [1.165, 1.54) is 4.31 Å². The molecule has 0 spiro atoms. The van der Waals surface area contributed by atoms with Gasteiger partial charge in [-0.15, -0.1) is 0 Å². The molecule has 4 rings (SSSR count). The molecule has 2 saturated heterocycles. The molecular formula is C28H41N7O5S. The number of sulfonamides is 1. The van der Waals surface area contributed by atoms with Gasteiger partial charge in [-0.2, -0.15) is 9.40 Å². The second kappa shape index (κ2) is 11.5. The summed E-state index contributed by atoms with van der Waals surface area (Å²) in [6.45, 7) is 9.33. The second-order valence-corrected chi connectivity index (χ2v) is 14.0. The van der Waals surface area contributed by atoms with Crippen molar-refractivity contribution in [3.8, 4) is 5.69 Å². The molecule has 0 bridgehead atoms. The van der Waals surface area contributed by atoms with Crippen LogP contribution in [-0.2, 0) is 24.4 Å². The number of aromatic nitrogens is 2. The van der Waals surface area contributed by atoms with Gasteiger partial charge in [0, 0.05) is 25.2 Å². The molecule has 2 fully saturated rings. The van der Waals surface area contributed by atoms with Crippen molar-refractivity contribution in [1.29, 1.82) is 0 Å². The average molecular weight is 588 g/mol. The summed E-state index contributed by atoms with van der Waals surface area (Å²) in [7, 11) is -1.99. The van der Waals surface area contributed by atoms with Crippen LogP contribution in [0, 0.1) is 18.3 Å². The zero-order chi connectivity index (χ0) is 30.3. The van der Waals surface area contributed by atoms with Crippen LogP contribution < -0.4 is 16.0 Å². The van der Waals surface area contributed by atoms with Gasteiger partial charge in [-0.25, -0.2) is 13.1 Å². The SMILES string of the molecule is CNC(C)C(=O)NC(C(=O)N1CCC2C1C(C(=O)Nc1cc(C)nn1-c1ccccc1)CN2S(C)(=O)=O)C(C)(C)C. The number of nitrogens with zero attached hydrogens (tertiary/aromatic N) is 4. The van der Waals surface area contributed by atoms with E-state index in [1.807, 2.05) is 58.0 Å². The van der Waals surface area contributed by atoms with Crippen LogP contribution in [0.5, 0.6) is 0 Å². The number of hydrogen-bond acceptors (Lipinski definition) is 7. The predicted octanol–water partition coefficient (Wildman–Crippen LogP) is 1.12. The number of benzene rings is 1. The molecule has 13 heteroatoms. The summed E-state index contributed by atoms with van der Waals surface area (Å²) in [5.74, 6) is -1.43. The van der Waals surface area contributed by atoms with Crippen LogP contribution >= 0.6 is 0 Å². The van der Waals surface area contributed by atoms with Gasteiger partial charge in [-0.1, -0.05) is 39.0 Å². The maximum atomic E-state index is 14.1. The van der Waals surface area contributed by atoms with Crippen LogP contribution in [-0.4, -0.2) is 95.7 Å². The monoisotopic (exact) mass is 587 g/mol. The quantitative estimate of drug-likeness (QED) is 0.420. The fourth-order valence-electron chi connectivity index (χ4n) is 5.70. The van der Waals surface area contributed by atoms with Crippen molar-refractivity contribution in [2.24, 2.45) is 11.3 Å². The summed E-state index contributed by atoms with van der Waals surface area (Å²) < 4.78 is 28.5. The number of carbonyl (C=O) groups excluding carboxylic acids is 3. The molecule has 1 aromatic carbocycles. The summed E-state index contributed by atoms with van der Waals surface area (Å²) >= 11 is 0. The zero-order valence-corrected chi connectivity index (χ0v) is 25.5. The third kappa shape index (κ3) is 6.31. The van der Waals surface area contributed by atoms with E-state index in [0.717, 1.165) is 11.9 Å². The summed E-state index contributed by atoms with van der Waals surface area (Å²) in [5, 5.41) is 13.2. The third-order valence-electron chi connectivity index (χ3n) is 7.93. The molecule has 2 aliphatic heterocycles. The summed E-state index contributed by atoms with van der Waals surface area (Å²) in [6, 6.07) is 8.49. The number of likely N-dealkylation sites (N-methyl/N-ethyl adjacent to an activating group) is 1. The minimum atomic E-state index is -3.65. The number of nitrogens with one attached hydrogen (secondary N) is 3. The van der Waals surface area contributed by atoms with E-state index in [2.05, 4.69) is 21.0 Å². The number of carbonyl (C=O) groups is 3. The van der Waals surface area contributed by atoms with E-state index >= 15 is 0 Å². The van der Waals surface area contributed by atoms with Crippen LogP contribution in [0.4, 0.5) is 5.82 Å². The lowest BCUT2D eigenvalue weighted by Gasteiger charge is -2.37. The lowest BCUT2D eigenvalue weighted by atomic mass is 9.85. The minimum Gasteiger partial charge on any atom is -0.342 e. The number of aryl methyl sites for hydroxylation is 1. The molecule has 0 aliphatic carbocycles. The van der Waals surface area contributed by atoms with Crippen LogP contribution in [0.2, 0.25) is 0 Å². The van der Waals surface area contributed by atoms with E-state index in [-0.39, 0.29) is 24.9 Å². The van der Waals surface area contributed by atoms with Crippen molar-refractivity contribution in [2.45, 2.75) is 65.2 Å². The fraction of sp³-hybridized carbons (Fsp3) is 0.571. The van der Waals surface area contributed by atoms with E-state index in [9.17, 15) is 22.8 Å². The summed E-state index contributed by atoms with van der Waals surface area (Å²) in [5.41, 5.74) is 0.823. The topological polar surface area (TPSA) is 146 Å². The highest BCUT2D eigenvalue weighted by atomic mass is 32.2. The first-order valence-corrected chi connectivity index (χ1v) is 15.7. The predicted molar refractivity (Wildman–Crippen MR) is 156 cm³/mol. The fourth-order valence-corrected chi connectivity index (χ4v) is 6.85. The molecular weight excluding hydrogens is 546 g/mol.